The SMILES string of the molecule is CC1=NC(c2cc(-c3ccccc3)cc(-c3ccccc3)c2)NC(c2ccccc2)=N1. The van der Waals surface area contributed by atoms with Crippen LogP contribution in [0.1, 0.15) is 24.2 Å². The minimum atomic E-state index is -0.196. The Kier molecular flexibility index (Phi) is 5.16. The molecular weight excluding hydrogens is 378 g/mol. The zero-order valence-electron chi connectivity index (χ0n) is 17.4. The van der Waals surface area contributed by atoms with Gasteiger partial charge in [-0.2, -0.15) is 0 Å². The van der Waals surface area contributed by atoms with Crippen molar-refractivity contribution >= 4 is 11.7 Å². The monoisotopic (exact) mass is 401 g/mol. The van der Waals surface area contributed by atoms with E-state index in [1.54, 1.807) is 0 Å². The van der Waals surface area contributed by atoms with Crippen molar-refractivity contribution in [3.05, 3.63) is 120 Å². The summed E-state index contributed by atoms with van der Waals surface area (Å²) in [5.41, 5.74) is 6.91. The summed E-state index contributed by atoms with van der Waals surface area (Å²) in [7, 11) is 0. The molecule has 4 aromatic rings. The maximum Gasteiger partial charge on any atom is 0.147 e. The lowest BCUT2D eigenvalue weighted by Crippen LogP contribution is -2.32. The molecule has 3 heteroatoms. The highest BCUT2D eigenvalue weighted by Crippen LogP contribution is 2.32. The quantitative estimate of drug-likeness (QED) is 0.417. The molecule has 5 rings (SSSR count). The molecule has 0 saturated carbocycles. The van der Waals surface area contributed by atoms with Crippen molar-refractivity contribution in [2.75, 3.05) is 0 Å². The van der Waals surface area contributed by atoms with Crippen LogP contribution in [0, 0.1) is 0 Å². The van der Waals surface area contributed by atoms with Gasteiger partial charge in [0.05, 0.1) is 0 Å². The van der Waals surface area contributed by atoms with Gasteiger partial charge >= 0.3 is 0 Å². The van der Waals surface area contributed by atoms with Crippen molar-refractivity contribution in [2.24, 2.45) is 9.98 Å². The van der Waals surface area contributed by atoms with E-state index in [-0.39, 0.29) is 6.17 Å². The molecule has 0 aromatic heterocycles. The van der Waals surface area contributed by atoms with Gasteiger partial charge < -0.3 is 5.32 Å². The molecule has 0 saturated heterocycles. The Bertz CT molecular complexity index is 1190. The van der Waals surface area contributed by atoms with E-state index in [2.05, 4.69) is 89.2 Å². The third-order valence-corrected chi connectivity index (χ3v) is 5.40. The molecule has 1 aliphatic heterocycles. The first kappa shape index (κ1) is 19.0. The van der Waals surface area contributed by atoms with E-state index in [9.17, 15) is 0 Å². The van der Waals surface area contributed by atoms with E-state index < -0.39 is 0 Å². The van der Waals surface area contributed by atoms with Gasteiger partial charge in [0.25, 0.3) is 0 Å². The Labute approximate surface area is 182 Å². The van der Waals surface area contributed by atoms with Crippen molar-refractivity contribution in [3.63, 3.8) is 0 Å². The molecule has 0 bridgehead atoms. The first-order chi connectivity index (χ1) is 15.3. The zero-order chi connectivity index (χ0) is 21.0. The van der Waals surface area contributed by atoms with Crippen LogP contribution in [0.4, 0.5) is 0 Å². The number of hydrogen-bond acceptors (Lipinski definition) is 3. The largest absolute Gasteiger partial charge is 0.344 e. The van der Waals surface area contributed by atoms with Gasteiger partial charge in [-0.3, -0.25) is 0 Å². The summed E-state index contributed by atoms with van der Waals surface area (Å²) in [5.74, 6) is 1.62. The summed E-state index contributed by atoms with van der Waals surface area (Å²) < 4.78 is 0. The lowest BCUT2D eigenvalue weighted by molar-refractivity contribution is 0.673. The van der Waals surface area contributed by atoms with E-state index in [4.69, 9.17) is 4.99 Å². The molecule has 150 valence electrons. The van der Waals surface area contributed by atoms with Crippen LogP contribution in [0.3, 0.4) is 0 Å². The second-order valence-corrected chi connectivity index (χ2v) is 7.63. The molecule has 1 N–H and O–H groups in total. The van der Waals surface area contributed by atoms with Gasteiger partial charge in [0.2, 0.25) is 0 Å². The Hall–Kier alpha value is -3.98. The van der Waals surface area contributed by atoms with Gasteiger partial charge in [0.1, 0.15) is 17.8 Å². The molecule has 0 spiro atoms. The Morgan fingerprint density at radius 3 is 1.58 bits per heavy atom. The van der Waals surface area contributed by atoms with Gasteiger partial charge in [0.15, 0.2) is 0 Å². The fourth-order valence-corrected chi connectivity index (χ4v) is 3.88. The summed E-state index contributed by atoms with van der Waals surface area (Å²) >= 11 is 0. The highest BCUT2D eigenvalue weighted by molar-refractivity contribution is 6.07. The maximum absolute atomic E-state index is 4.82. The van der Waals surface area contributed by atoms with Crippen molar-refractivity contribution in [1.29, 1.82) is 0 Å². The molecule has 0 radical (unpaired) electrons. The number of rotatable bonds is 4. The van der Waals surface area contributed by atoms with Crippen molar-refractivity contribution in [2.45, 2.75) is 13.1 Å². The summed E-state index contributed by atoms with van der Waals surface area (Å²) in [6.45, 7) is 1.95. The molecule has 0 amide bonds. The highest BCUT2D eigenvalue weighted by Gasteiger charge is 2.20. The predicted molar refractivity (Wildman–Crippen MR) is 129 cm³/mol. The van der Waals surface area contributed by atoms with Crippen molar-refractivity contribution < 1.29 is 0 Å². The zero-order valence-corrected chi connectivity index (χ0v) is 17.4. The molecule has 31 heavy (non-hydrogen) atoms. The third kappa shape index (κ3) is 4.17. The van der Waals surface area contributed by atoms with Crippen molar-refractivity contribution in [3.8, 4) is 22.3 Å². The fraction of sp³-hybridized carbons (Fsp3) is 0.0714. The van der Waals surface area contributed by atoms with Crippen LogP contribution in [0.2, 0.25) is 0 Å². The molecule has 1 atom stereocenters. The molecule has 0 aliphatic carbocycles. The Morgan fingerprint density at radius 2 is 1.06 bits per heavy atom. The van der Waals surface area contributed by atoms with E-state index in [1.807, 2.05) is 37.3 Å². The number of hydrogen-bond donors (Lipinski definition) is 1. The average molecular weight is 402 g/mol. The summed E-state index contributed by atoms with van der Waals surface area (Å²) in [6, 6.07) is 37.9. The van der Waals surface area contributed by atoms with E-state index >= 15 is 0 Å². The van der Waals surface area contributed by atoms with Crippen molar-refractivity contribution in [1.82, 2.24) is 5.32 Å². The second-order valence-electron chi connectivity index (χ2n) is 7.63. The first-order valence-corrected chi connectivity index (χ1v) is 10.5. The predicted octanol–water partition coefficient (Wildman–Crippen LogP) is 6.49. The highest BCUT2D eigenvalue weighted by atomic mass is 15.2. The molecule has 0 fully saturated rings. The van der Waals surface area contributed by atoms with Gasteiger partial charge in [-0.15, -0.1) is 0 Å². The van der Waals surface area contributed by atoms with Gasteiger partial charge in [0, 0.05) is 5.56 Å². The Morgan fingerprint density at radius 1 is 0.581 bits per heavy atom. The number of aliphatic imine (C=N–C) groups is 2. The van der Waals surface area contributed by atoms with E-state index in [1.165, 1.54) is 22.3 Å². The molecule has 4 aromatic carbocycles. The van der Waals surface area contributed by atoms with Crippen LogP contribution < -0.4 is 5.32 Å². The van der Waals surface area contributed by atoms with Crippen LogP contribution in [0.5, 0.6) is 0 Å². The minimum absolute atomic E-state index is 0.196. The van der Waals surface area contributed by atoms with Crippen LogP contribution in [0.15, 0.2) is 119 Å². The maximum atomic E-state index is 4.82. The lowest BCUT2D eigenvalue weighted by Gasteiger charge is -2.23. The van der Waals surface area contributed by atoms with E-state index in [0.717, 1.165) is 22.8 Å². The summed E-state index contributed by atoms with van der Waals surface area (Å²) in [4.78, 5) is 9.46. The van der Waals surface area contributed by atoms with Gasteiger partial charge in [-0.1, -0.05) is 91.0 Å². The van der Waals surface area contributed by atoms with Crippen LogP contribution >= 0.6 is 0 Å². The minimum Gasteiger partial charge on any atom is -0.344 e. The molecule has 3 nitrogen and oxygen atoms in total. The standard InChI is InChI=1S/C28H23N3/c1-20-29-27(23-15-9-4-10-16-23)31-28(30-20)26-18-24(21-11-5-2-6-12-21)17-25(19-26)22-13-7-3-8-14-22/h2-19,28H,1H3,(H,29,30,31). The number of benzene rings is 4. The first-order valence-electron chi connectivity index (χ1n) is 10.5. The fourth-order valence-electron chi connectivity index (χ4n) is 3.88. The van der Waals surface area contributed by atoms with Crippen LogP contribution in [0.25, 0.3) is 22.3 Å². The smallest absolute Gasteiger partial charge is 0.147 e. The topological polar surface area (TPSA) is 36.8 Å². The molecule has 1 aliphatic rings. The van der Waals surface area contributed by atoms with Crippen LogP contribution in [-0.4, -0.2) is 11.7 Å². The van der Waals surface area contributed by atoms with Crippen LogP contribution in [-0.2, 0) is 0 Å². The van der Waals surface area contributed by atoms with E-state index in [0.29, 0.717) is 0 Å². The third-order valence-electron chi connectivity index (χ3n) is 5.40. The average Bonchev–Trinajstić information content (AvgIpc) is 2.85. The normalized spacial score (nSPS) is 15.6. The summed E-state index contributed by atoms with van der Waals surface area (Å²) in [5, 5.41) is 3.54. The molecule has 1 unspecified atom stereocenters. The number of nitrogens with one attached hydrogen (secondary N) is 1. The van der Waals surface area contributed by atoms with Gasteiger partial charge in [-0.25, -0.2) is 9.98 Å². The number of nitrogens with zero attached hydrogens (tertiary/aromatic N) is 2. The number of amidine groups is 2. The van der Waals surface area contributed by atoms with Gasteiger partial charge in [-0.05, 0) is 52.9 Å². The molecule has 1 heterocycles. The second kappa shape index (κ2) is 8.41. The molecular formula is C28H23N3. The Balaban J connectivity index is 1.59. The lowest BCUT2D eigenvalue weighted by atomic mass is 9.95. The summed E-state index contributed by atoms with van der Waals surface area (Å²) in [6.07, 6.45) is -0.196.